The van der Waals surface area contributed by atoms with E-state index >= 15 is 0 Å². The van der Waals surface area contributed by atoms with Gasteiger partial charge in [0.05, 0.1) is 25.5 Å². The van der Waals surface area contributed by atoms with Crippen LogP contribution in [0.5, 0.6) is 0 Å². The summed E-state index contributed by atoms with van der Waals surface area (Å²) >= 11 is 0. The number of ether oxygens (including phenoxy) is 1. The fourth-order valence-electron chi connectivity index (χ4n) is 3.78. The number of halogens is 1. The highest BCUT2D eigenvalue weighted by Crippen LogP contribution is 2.19. The van der Waals surface area contributed by atoms with Crippen LogP contribution in [0.2, 0.25) is 0 Å². The van der Waals surface area contributed by atoms with Crippen molar-refractivity contribution in [3.8, 4) is 11.5 Å². The lowest BCUT2D eigenvalue weighted by molar-refractivity contribution is 0.0195. The molecule has 4 rings (SSSR count). The van der Waals surface area contributed by atoms with Gasteiger partial charge in [-0.15, -0.1) is 24.0 Å². The molecule has 2 saturated heterocycles. The number of hydrogen-bond donors (Lipinski definition) is 1. The second kappa shape index (κ2) is 10.2. The van der Waals surface area contributed by atoms with E-state index in [0.29, 0.717) is 18.5 Å². The Morgan fingerprint density at radius 3 is 2.75 bits per heavy atom. The Labute approximate surface area is 183 Å². The molecule has 1 atom stereocenters. The first kappa shape index (κ1) is 21.1. The van der Waals surface area contributed by atoms with Gasteiger partial charge in [-0.2, -0.15) is 0 Å². The van der Waals surface area contributed by atoms with Crippen LogP contribution >= 0.6 is 24.0 Å². The summed E-state index contributed by atoms with van der Waals surface area (Å²) in [7, 11) is 1.84. The molecule has 8 heteroatoms. The molecule has 1 N–H and O–H groups in total. The van der Waals surface area contributed by atoms with Crippen LogP contribution in [0, 0.1) is 0 Å². The largest absolute Gasteiger partial charge is 0.444 e. The number of guanidine groups is 1. The highest BCUT2D eigenvalue weighted by atomic mass is 127. The van der Waals surface area contributed by atoms with Gasteiger partial charge in [0.25, 0.3) is 0 Å². The number of morpholine rings is 1. The molecule has 0 saturated carbocycles. The van der Waals surface area contributed by atoms with Gasteiger partial charge in [0.1, 0.15) is 6.26 Å². The maximum Gasteiger partial charge on any atom is 0.226 e. The molecule has 0 aliphatic carbocycles. The Bertz CT molecular complexity index is 761. The van der Waals surface area contributed by atoms with Crippen LogP contribution in [0.3, 0.4) is 0 Å². The van der Waals surface area contributed by atoms with Crippen molar-refractivity contribution in [3.05, 3.63) is 42.3 Å². The van der Waals surface area contributed by atoms with Crippen LogP contribution in [0.4, 0.5) is 0 Å². The first-order valence-corrected chi connectivity index (χ1v) is 9.60. The molecular formula is C20H28IN5O2. The zero-order valence-corrected chi connectivity index (χ0v) is 18.5. The number of aromatic nitrogens is 1. The van der Waals surface area contributed by atoms with Crippen molar-refractivity contribution in [2.24, 2.45) is 4.99 Å². The fraction of sp³-hybridized carbons (Fsp3) is 0.500. The Balaban J connectivity index is 0.00000225. The summed E-state index contributed by atoms with van der Waals surface area (Å²) in [6.07, 6.45) is 2.88. The number of benzene rings is 1. The molecule has 0 bridgehead atoms. The van der Waals surface area contributed by atoms with Gasteiger partial charge in [0.15, 0.2) is 5.96 Å². The average molecular weight is 497 g/mol. The summed E-state index contributed by atoms with van der Waals surface area (Å²) in [4.78, 5) is 13.9. The second-order valence-electron chi connectivity index (χ2n) is 6.95. The van der Waals surface area contributed by atoms with Crippen molar-refractivity contribution >= 4 is 29.9 Å². The van der Waals surface area contributed by atoms with Crippen LogP contribution in [-0.2, 0) is 11.3 Å². The summed E-state index contributed by atoms with van der Waals surface area (Å²) in [5.41, 5.74) is 1.86. The fourth-order valence-corrected chi connectivity index (χ4v) is 3.78. The van der Waals surface area contributed by atoms with E-state index in [1.165, 1.54) is 6.42 Å². The zero-order chi connectivity index (χ0) is 18.5. The number of aliphatic imine (C=N–C) groups is 1. The van der Waals surface area contributed by atoms with Gasteiger partial charge in [0, 0.05) is 44.8 Å². The number of oxazole rings is 1. The Hall–Kier alpha value is -1.65. The molecule has 1 aromatic heterocycles. The third-order valence-electron chi connectivity index (χ3n) is 5.24. The van der Waals surface area contributed by atoms with E-state index in [1.807, 2.05) is 37.4 Å². The molecule has 2 aromatic rings. The van der Waals surface area contributed by atoms with Crippen molar-refractivity contribution in [3.63, 3.8) is 0 Å². The molecule has 7 nitrogen and oxygen atoms in total. The van der Waals surface area contributed by atoms with Crippen LogP contribution in [-0.4, -0.2) is 73.2 Å². The minimum Gasteiger partial charge on any atom is -0.444 e. The van der Waals surface area contributed by atoms with Crippen molar-refractivity contribution in [1.29, 1.82) is 0 Å². The lowest BCUT2D eigenvalue weighted by atomic mass is 10.2. The van der Waals surface area contributed by atoms with E-state index in [9.17, 15) is 0 Å². The van der Waals surface area contributed by atoms with Crippen molar-refractivity contribution in [2.75, 3.05) is 46.4 Å². The third kappa shape index (κ3) is 5.03. The van der Waals surface area contributed by atoms with Crippen molar-refractivity contribution in [2.45, 2.75) is 19.0 Å². The monoisotopic (exact) mass is 497 g/mol. The first-order chi connectivity index (χ1) is 13.3. The van der Waals surface area contributed by atoms with Gasteiger partial charge in [-0.3, -0.25) is 9.89 Å². The van der Waals surface area contributed by atoms with Crippen LogP contribution in [0.15, 0.2) is 46.0 Å². The van der Waals surface area contributed by atoms with E-state index in [0.717, 1.165) is 56.6 Å². The molecule has 3 heterocycles. The molecule has 1 unspecified atom stereocenters. The normalized spacial score (nSPS) is 20.8. The van der Waals surface area contributed by atoms with E-state index in [4.69, 9.17) is 9.15 Å². The Morgan fingerprint density at radius 2 is 2.00 bits per heavy atom. The minimum atomic E-state index is 0. The van der Waals surface area contributed by atoms with Crippen LogP contribution < -0.4 is 5.32 Å². The topological polar surface area (TPSA) is 66.1 Å². The van der Waals surface area contributed by atoms with E-state index in [2.05, 4.69) is 25.1 Å². The maximum absolute atomic E-state index is 5.62. The maximum atomic E-state index is 5.62. The average Bonchev–Trinajstić information content (AvgIpc) is 3.40. The summed E-state index contributed by atoms with van der Waals surface area (Å²) in [6, 6.07) is 10.5. The number of hydrogen-bond acceptors (Lipinski definition) is 5. The summed E-state index contributed by atoms with van der Waals surface area (Å²) in [5.74, 6) is 1.57. The van der Waals surface area contributed by atoms with Crippen LogP contribution in [0.25, 0.3) is 11.5 Å². The highest BCUT2D eigenvalue weighted by Gasteiger charge is 2.30. The highest BCUT2D eigenvalue weighted by molar-refractivity contribution is 14.0. The smallest absolute Gasteiger partial charge is 0.226 e. The minimum absolute atomic E-state index is 0. The summed E-state index contributed by atoms with van der Waals surface area (Å²) in [6.45, 7) is 6.39. The van der Waals surface area contributed by atoms with Gasteiger partial charge < -0.3 is 19.4 Å². The van der Waals surface area contributed by atoms with Gasteiger partial charge in [0.2, 0.25) is 5.89 Å². The third-order valence-corrected chi connectivity index (χ3v) is 5.24. The van der Waals surface area contributed by atoms with Crippen molar-refractivity contribution in [1.82, 2.24) is 20.1 Å². The first-order valence-electron chi connectivity index (χ1n) is 9.60. The van der Waals surface area contributed by atoms with Gasteiger partial charge in [-0.25, -0.2) is 4.98 Å². The lowest BCUT2D eigenvalue weighted by Gasteiger charge is -2.32. The number of nitrogens with one attached hydrogen (secondary N) is 1. The molecule has 1 aromatic carbocycles. The zero-order valence-electron chi connectivity index (χ0n) is 16.2. The Kier molecular flexibility index (Phi) is 7.69. The molecule has 152 valence electrons. The summed E-state index contributed by atoms with van der Waals surface area (Å²) in [5, 5.41) is 3.43. The molecule has 0 radical (unpaired) electrons. The molecule has 2 fully saturated rings. The molecular weight excluding hydrogens is 469 g/mol. The summed E-state index contributed by atoms with van der Waals surface area (Å²) < 4.78 is 11.1. The SMILES string of the molecule is CN=C(NCc1coc(-c2ccccc2)n1)N1CCC(N2CCOCC2)C1.I. The van der Waals surface area contributed by atoms with Gasteiger partial charge in [-0.1, -0.05) is 18.2 Å². The lowest BCUT2D eigenvalue weighted by Crippen LogP contribution is -2.46. The quantitative estimate of drug-likeness (QED) is 0.398. The van der Waals surface area contributed by atoms with E-state index < -0.39 is 0 Å². The predicted octanol–water partition coefficient (Wildman–Crippen LogP) is 2.44. The molecule has 2 aliphatic heterocycles. The van der Waals surface area contributed by atoms with Crippen LogP contribution in [0.1, 0.15) is 12.1 Å². The number of rotatable bonds is 4. The standard InChI is InChI=1S/C20H27N5O2.HI/c1-21-20(25-8-7-18(14-25)24-9-11-26-12-10-24)22-13-17-15-27-19(23-17)16-5-3-2-4-6-16;/h2-6,15,18H,7-14H2,1H3,(H,21,22);1H. The number of nitrogens with zero attached hydrogens (tertiary/aromatic N) is 4. The molecule has 28 heavy (non-hydrogen) atoms. The van der Waals surface area contributed by atoms with Gasteiger partial charge in [-0.05, 0) is 18.6 Å². The Morgan fingerprint density at radius 1 is 1.21 bits per heavy atom. The molecule has 0 spiro atoms. The molecule has 2 aliphatic rings. The van der Waals surface area contributed by atoms with Crippen molar-refractivity contribution < 1.29 is 9.15 Å². The van der Waals surface area contributed by atoms with E-state index in [1.54, 1.807) is 6.26 Å². The second-order valence-corrected chi connectivity index (χ2v) is 6.95. The van der Waals surface area contributed by atoms with Gasteiger partial charge >= 0.3 is 0 Å². The van der Waals surface area contributed by atoms with E-state index in [-0.39, 0.29) is 24.0 Å². The molecule has 0 amide bonds. The number of likely N-dealkylation sites (tertiary alicyclic amines) is 1. The predicted molar refractivity (Wildman–Crippen MR) is 120 cm³/mol.